The minimum atomic E-state index is 0.134. The Balaban J connectivity index is 2.32. The lowest BCUT2D eigenvalue weighted by Gasteiger charge is -2.17. The smallest absolute Gasteiger partial charge is 0.105 e. The van der Waals surface area contributed by atoms with Crippen molar-refractivity contribution in [2.45, 2.75) is 26.3 Å². The van der Waals surface area contributed by atoms with Crippen molar-refractivity contribution in [2.75, 3.05) is 7.05 Å². The van der Waals surface area contributed by atoms with Gasteiger partial charge in [-0.15, -0.1) is 0 Å². The Morgan fingerprint density at radius 1 is 1.21 bits per heavy atom. The standard InChI is InChI=1S/C15H17Cl2NO/c1-9-7-11(10(2)19-9)15(18-3)8-12-13(16)5-4-6-14(12)17/h4-7,15,18H,8H2,1-3H3. The van der Waals surface area contributed by atoms with Gasteiger partial charge in [-0.05, 0) is 51.1 Å². The molecule has 1 unspecified atom stereocenters. The highest BCUT2D eigenvalue weighted by Gasteiger charge is 2.18. The van der Waals surface area contributed by atoms with Crippen LogP contribution in [0.25, 0.3) is 0 Å². The molecule has 0 fully saturated rings. The summed E-state index contributed by atoms with van der Waals surface area (Å²) in [7, 11) is 1.93. The number of halogens is 2. The molecule has 1 N–H and O–H groups in total. The summed E-state index contributed by atoms with van der Waals surface area (Å²) < 4.78 is 5.59. The lowest BCUT2D eigenvalue weighted by molar-refractivity contribution is 0.490. The summed E-state index contributed by atoms with van der Waals surface area (Å²) in [5, 5.41) is 4.70. The zero-order valence-electron chi connectivity index (χ0n) is 11.3. The Kier molecular flexibility index (Phi) is 4.56. The van der Waals surface area contributed by atoms with Gasteiger partial charge in [-0.1, -0.05) is 29.3 Å². The fourth-order valence-corrected chi connectivity index (χ4v) is 2.85. The monoisotopic (exact) mass is 297 g/mol. The number of nitrogens with one attached hydrogen (secondary N) is 1. The molecule has 0 amide bonds. The molecule has 1 aromatic heterocycles. The molecule has 0 aliphatic heterocycles. The quantitative estimate of drug-likeness (QED) is 0.884. The van der Waals surface area contributed by atoms with Crippen molar-refractivity contribution in [1.29, 1.82) is 0 Å². The van der Waals surface area contributed by atoms with Gasteiger partial charge in [0.1, 0.15) is 11.5 Å². The summed E-state index contributed by atoms with van der Waals surface area (Å²) in [6.07, 6.45) is 0.731. The minimum absolute atomic E-state index is 0.134. The molecule has 0 aliphatic rings. The maximum Gasteiger partial charge on any atom is 0.105 e. The van der Waals surface area contributed by atoms with Crippen molar-refractivity contribution in [3.63, 3.8) is 0 Å². The number of hydrogen-bond acceptors (Lipinski definition) is 2. The van der Waals surface area contributed by atoms with Crippen LogP contribution in [0.15, 0.2) is 28.7 Å². The molecule has 0 radical (unpaired) electrons. The van der Waals surface area contributed by atoms with Gasteiger partial charge in [0.25, 0.3) is 0 Å². The summed E-state index contributed by atoms with van der Waals surface area (Å²) in [6.45, 7) is 3.92. The molecule has 1 heterocycles. The van der Waals surface area contributed by atoms with Gasteiger partial charge in [0, 0.05) is 21.7 Å². The van der Waals surface area contributed by atoms with E-state index in [-0.39, 0.29) is 6.04 Å². The second-order valence-electron chi connectivity index (χ2n) is 4.61. The van der Waals surface area contributed by atoms with E-state index >= 15 is 0 Å². The predicted molar refractivity (Wildman–Crippen MR) is 80.1 cm³/mol. The third kappa shape index (κ3) is 3.14. The van der Waals surface area contributed by atoms with Gasteiger partial charge in [-0.3, -0.25) is 0 Å². The number of benzene rings is 1. The van der Waals surface area contributed by atoms with E-state index in [1.807, 2.05) is 39.1 Å². The van der Waals surface area contributed by atoms with Crippen molar-refractivity contribution in [3.05, 3.63) is 57.0 Å². The number of furan rings is 1. The van der Waals surface area contributed by atoms with Crippen LogP contribution in [0, 0.1) is 13.8 Å². The summed E-state index contributed by atoms with van der Waals surface area (Å²) in [5.41, 5.74) is 2.11. The van der Waals surface area contributed by atoms with Crippen molar-refractivity contribution in [1.82, 2.24) is 5.32 Å². The molecule has 0 saturated heterocycles. The highest BCUT2D eigenvalue weighted by molar-refractivity contribution is 6.36. The highest BCUT2D eigenvalue weighted by Crippen LogP contribution is 2.31. The van der Waals surface area contributed by atoms with E-state index in [4.69, 9.17) is 27.6 Å². The first-order valence-corrected chi connectivity index (χ1v) is 6.95. The van der Waals surface area contributed by atoms with E-state index in [0.29, 0.717) is 10.0 Å². The van der Waals surface area contributed by atoms with Crippen LogP contribution in [0.4, 0.5) is 0 Å². The summed E-state index contributed by atoms with van der Waals surface area (Å²) in [5.74, 6) is 1.85. The zero-order valence-corrected chi connectivity index (χ0v) is 12.8. The van der Waals surface area contributed by atoms with Crippen LogP contribution in [0.5, 0.6) is 0 Å². The average Bonchev–Trinajstić information content (AvgIpc) is 2.68. The van der Waals surface area contributed by atoms with Crippen LogP contribution in [-0.2, 0) is 6.42 Å². The van der Waals surface area contributed by atoms with Gasteiger partial charge in [0.15, 0.2) is 0 Å². The molecule has 4 heteroatoms. The average molecular weight is 298 g/mol. The lowest BCUT2D eigenvalue weighted by atomic mass is 9.99. The number of aryl methyl sites for hydroxylation is 2. The van der Waals surface area contributed by atoms with Crippen LogP contribution in [0.2, 0.25) is 10.0 Å². The Morgan fingerprint density at radius 3 is 2.32 bits per heavy atom. The van der Waals surface area contributed by atoms with Gasteiger partial charge in [-0.25, -0.2) is 0 Å². The van der Waals surface area contributed by atoms with Crippen molar-refractivity contribution in [2.24, 2.45) is 0 Å². The van der Waals surface area contributed by atoms with Gasteiger partial charge in [0.2, 0.25) is 0 Å². The molecule has 2 nitrogen and oxygen atoms in total. The lowest BCUT2D eigenvalue weighted by Crippen LogP contribution is -2.19. The Hall–Kier alpha value is -0.960. The minimum Gasteiger partial charge on any atom is -0.466 e. The molecule has 19 heavy (non-hydrogen) atoms. The van der Waals surface area contributed by atoms with E-state index in [9.17, 15) is 0 Å². The first kappa shape index (κ1) is 14.4. The van der Waals surface area contributed by atoms with Crippen molar-refractivity contribution >= 4 is 23.2 Å². The highest BCUT2D eigenvalue weighted by atomic mass is 35.5. The second-order valence-corrected chi connectivity index (χ2v) is 5.43. The SMILES string of the molecule is CNC(Cc1c(Cl)cccc1Cl)c1cc(C)oc1C. The van der Waals surface area contributed by atoms with Crippen LogP contribution < -0.4 is 5.32 Å². The van der Waals surface area contributed by atoms with Crippen LogP contribution in [0.3, 0.4) is 0 Å². The van der Waals surface area contributed by atoms with Crippen LogP contribution in [0.1, 0.15) is 28.7 Å². The molecule has 0 saturated carbocycles. The molecule has 1 aromatic carbocycles. The van der Waals surface area contributed by atoms with E-state index in [1.165, 1.54) is 0 Å². The predicted octanol–water partition coefficient (Wildman–Crippen LogP) is 4.71. The molecule has 0 aliphatic carbocycles. The fraction of sp³-hybridized carbons (Fsp3) is 0.333. The zero-order chi connectivity index (χ0) is 14.0. The van der Waals surface area contributed by atoms with E-state index in [1.54, 1.807) is 0 Å². The topological polar surface area (TPSA) is 25.2 Å². The van der Waals surface area contributed by atoms with Crippen LogP contribution in [-0.4, -0.2) is 7.05 Å². The Morgan fingerprint density at radius 2 is 1.84 bits per heavy atom. The molecule has 1 atom stereocenters. The molecule has 0 bridgehead atoms. The van der Waals surface area contributed by atoms with Gasteiger partial charge < -0.3 is 9.73 Å². The van der Waals surface area contributed by atoms with Crippen molar-refractivity contribution in [3.8, 4) is 0 Å². The third-order valence-corrected chi connectivity index (χ3v) is 3.98. The summed E-state index contributed by atoms with van der Waals surface area (Å²) >= 11 is 12.5. The fourth-order valence-electron chi connectivity index (χ4n) is 2.30. The van der Waals surface area contributed by atoms with E-state index in [0.717, 1.165) is 29.1 Å². The van der Waals surface area contributed by atoms with Crippen molar-refractivity contribution < 1.29 is 4.42 Å². The van der Waals surface area contributed by atoms with Crippen LogP contribution >= 0.6 is 23.2 Å². The maximum atomic E-state index is 6.23. The first-order chi connectivity index (χ1) is 9.02. The molecule has 2 aromatic rings. The summed E-state index contributed by atoms with van der Waals surface area (Å²) in [6, 6.07) is 7.78. The second kappa shape index (κ2) is 6.00. The largest absolute Gasteiger partial charge is 0.466 e. The summed E-state index contributed by atoms with van der Waals surface area (Å²) in [4.78, 5) is 0. The normalized spacial score (nSPS) is 12.7. The maximum absolute atomic E-state index is 6.23. The van der Waals surface area contributed by atoms with E-state index < -0.39 is 0 Å². The number of rotatable bonds is 4. The third-order valence-electron chi connectivity index (χ3n) is 3.27. The van der Waals surface area contributed by atoms with Gasteiger partial charge in [-0.2, -0.15) is 0 Å². The molecular weight excluding hydrogens is 281 g/mol. The molecular formula is C15H17Cl2NO. The number of likely N-dealkylation sites (N-methyl/N-ethyl adjacent to an activating group) is 1. The molecule has 2 rings (SSSR count). The van der Waals surface area contributed by atoms with Gasteiger partial charge >= 0.3 is 0 Å². The first-order valence-electron chi connectivity index (χ1n) is 6.20. The molecule has 102 valence electrons. The molecule has 0 spiro atoms. The Bertz CT molecular complexity index is 557. The van der Waals surface area contributed by atoms with Gasteiger partial charge in [0.05, 0.1) is 0 Å². The van der Waals surface area contributed by atoms with E-state index in [2.05, 4.69) is 11.4 Å². The Labute approximate surface area is 123 Å². The number of hydrogen-bond donors (Lipinski definition) is 1.